The van der Waals surface area contributed by atoms with Crippen LogP contribution in [0.5, 0.6) is 0 Å². The molecule has 0 aliphatic heterocycles. The Morgan fingerprint density at radius 1 is 1.06 bits per heavy atom. The van der Waals surface area contributed by atoms with Crippen LogP contribution in [0.1, 0.15) is 73.6 Å². The predicted octanol–water partition coefficient (Wildman–Crippen LogP) is 4.81. The average molecular weight is 258 g/mol. The number of ether oxygens (including phenoxy) is 2. The van der Waals surface area contributed by atoms with Crippen LogP contribution < -0.4 is 0 Å². The Morgan fingerprint density at radius 3 is 2.22 bits per heavy atom. The molecule has 0 aromatic rings. The first kappa shape index (κ1) is 17.9. The van der Waals surface area contributed by atoms with Gasteiger partial charge in [0.15, 0.2) is 0 Å². The average Bonchev–Trinajstić information content (AvgIpc) is 2.33. The second-order valence-electron chi connectivity index (χ2n) is 6.07. The standard InChI is InChI=1S/C16H34O2/c1-7-15(5)18-16(6,8-2)11-9-10-12-17-13-14(3)4/h14-15H,7-13H2,1-6H3. The predicted molar refractivity (Wildman–Crippen MR) is 79.0 cm³/mol. The molecule has 0 heterocycles. The zero-order valence-corrected chi connectivity index (χ0v) is 13.4. The molecule has 0 fully saturated rings. The van der Waals surface area contributed by atoms with Gasteiger partial charge in [-0.25, -0.2) is 0 Å². The van der Waals surface area contributed by atoms with E-state index in [0.717, 1.165) is 38.9 Å². The fourth-order valence-electron chi connectivity index (χ4n) is 1.91. The second-order valence-corrected chi connectivity index (χ2v) is 6.07. The molecule has 0 aromatic carbocycles. The van der Waals surface area contributed by atoms with Gasteiger partial charge in [0.05, 0.1) is 11.7 Å². The highest BCUT2D eigenvalue weighted by Crippen LogP contribution is 2.25. The summed E-state index contributed by atoms with van der Waals surface area (Å²) in [5.74, 6) is 0.639. The second kappa shape index (κ2) is 9.80. The lowest BCUT2D eigenvalue weighted by molar-refractivity contribution is -0.0851. The molecule has 2 nitrogen and oxygen atoms in total. The molecule has 0 N–H and O–H groups in total. The van der Waals surface area contributed by atoms with Crippen molar-refractivity contribution in [3.05, 3.63) is 0 Å². The maximum atomic E-state index is 6.14. The monoisotopic (exact) mass is 258 g/mol. The smallest absolute Gasteiger partial charge is 0.0655 e. The van der Waals surface area contributed by atoms with Crippen LogP contribution in [0.15, 0.2) is 0 Å². The quantitative estimate of drug-likeness (QED) is 0.495. The van der Waals surface area contributed by atoms with Crippen molar-refractivity contribution >= 4 is 0 Å². The molecule has 0 rings (SSSR count). The molecule has 0 aromatic heterocycles. The summed E-state index contributed by atoms with van der Waals surface area (Å²) in [6.45, 7) is 15.0. The van der Waals surface area contributed by atoms with Crippen LogP contribution in [0, 0.1) is 5.92 Å². The highest BCUT2D eigenvalue weighted by molar-refractivity contribution is 4.74. The van der Waals surface area contributed by atoms with Gasteiger partial charge < -0.3 is 9.47 Å². The molecule has 0 saturated heterocycles. The van der Waals surface area contributed by atoms with Crippen molar-refractivity contribution in [2.45, 2.75) is 85.4 Å². The summed E-state index contributed by atoms with van der Waals surface area (Å²) in [6.07, 6.45) is 6.02. The van der Waals surface area contributed by atoms with E-state index in [4.69, 9.17) is 9.47 Å². The fourth-order valence-corrected chi connectivity index (χ4v) is 1.91. The molecular formula is C16H34O2. The van der Waals surface area contributed by atoms with Crippen molar-refractivity contribution in [1.82, 2.24) is 0 Å². The van der Waals surface area contributed by atoms with Gasteiger partial charge in [0.1, 0.15) is 0 Å². The van der Waals surface area contributed by atoms with Crippen LogP contribution in [0.4, 0.5) is 0 Å². The Labute approximate surface area is 114 Å². The first-order valence-corrected chi connectivity index (χ1v) is 7.69. The topological polar surface area (TPSA) is 18.5 Å². The summed E-state index contributed by atoms with van der Waals surface area (Å²) in [6, 6.07) is 0. The van der Waals surface area contributed by atoms with Crippen molar-refractivity contribution in [3.63, 3.8) is 0 Å². The van der Waals surface area contributed by atoms with E-state index in [1.807, 2.05) is 0 Å². The van der Waals surface area contributed by atoms with Crippen molar-refractivity contribution in [3.8, 4) is 0 Å². The molecule has 0 radical (unpaired) electrons. The number of unbranched alkanes of at least 4 members (excludes halogenated alkanes) is 1. The van der Waals surface area contributed by atoms with Gasteiger partial charge in [0.2, 0.25) is 0 Å². The number of hydrogen-bond acceptors (Lipinski definition) is 2. The van der Waals surface area contributed by atoms with Gasteiger partial charge in [-0.15, -0.1) is 0 Å². The minimum atomic E-state index is 0.0491. The van der Waals surface area contributed by atoms with Gasteiger partial charge >= 0.3 is 0 Å². The minimum absolute atomic E-state index is 0.0491. The van der Waals surface area contributed by atoms with Gasteiger partial charge in [0, 0.05) is 13.2 Å². The lowest BCUT2D eigenvalue weighted by Crippen LogP contribution is -2.31. The number of rotatable bonds is 11. The molecule has 0 aliphatic rings. The molecule has 2 atom stereocenters. The molecule has 0 saturated carbocycles. The molecule has 0 bridgehead atoms. The molecule has 0 amide bonds. The van der Waals surface area contributed by atoms with Gasteiger partial charge in [-0.2, -0.15) is 0 Å². The molecule has 110 valence electrons. The highest BCUT2D eigenvalue weighted by atomic mass is 16.5. The zero-order valence-electron chi connectivity index (χ0n) is 13.4. The molecule has 0 aliphatic carbocycles. The molecule has 2 heteroatoms. The van der Waals surface area contributed by atoms with E-state index in [-0.39, 0.29) is 5.60 Å². The van der Waals surface area contributed by atoms with E-state index in [0.29, 0.717) is 12.0 Å². The third-order valence-electron chi connectivity index (χ3n) is 3.50. The summed E-state index contributed by atoms with van der Waals surface area (Å²) >= 11 is 0. The largest absolute Gasteiger partial charge is 0.381 e. The maximum absolute atomic E-state index is 6.14. The first-order chi connectivity index (χ1) is 8.43. The van der Waals surface area contributed by atoms with Gasteiger partial charge in [-0.3, -0.25) is 0 Å². The summed E-state index contributed by atoms with van der Waals surface area (Å²) < 4.78 is 11.7. The van der Waals surface area contributed by atoms with Crippen LogP contribution in [0.3, 0.4) is 0 Å². The Kier molecular flexibility index (Phi) is 9.76. The lowest BCUT2D eigenvalue weighted by atomic mass is 9.95. The Hall–Kier alpha value is -0.0800. The van der Waals surface area contributed by atoms with E-state index in [9.17, 15) is 0 Å². The summed E-state index contributed by atoms with van der Waals surface area (Å²) in [7, 11) is 0. The molecule has 0 spiro atoms. The van der Waals surface area contributed by atoms with Crippen LogP contribution >= 0.6 is 0 Å². The number of hydrogen-bond donors (Lipinski definition) is 0. The van der Waals surface area contributed by atoms with Crippen molar-refractivity contribution in [2.75, 3.05) is 13.2 Å². The fraction of sp³-hybridized carbons (Fsp3) is 1.00. The van der Waals surface area contributed by atoms with Gasteiger partial charge in [0.25, 0.3) is 0 Å². The zero-order chi connectivity index (χ0) is 14.0. The SMILES string of the molecule is CCC(C)OC(C)(CC)CCCCOCC(C)C. The normalized spacial score (nSPS) is 16.8. The van der Waals surface area contributed by atoms with Crippen LogP contribution in [-0.2, 0) is 9.47 Å². The van der Waals surface area contributed by atoms with Crippen LogP contribution in [0.25, 0.3) is 0 Å². The van der Waals surface area contributed by atoms with Gasteiger partial charge in [-0.05, 0) is 51.9 Å². The Balaban J connectivity index is 3.72. The lowest BCUT2D eigenvalue weighted by Gasteiger charge is -2.32. The summed E-state index contributed by atoms with van der Waals surface area (Å²) in [5.41, 5.74) is 0.0491. The van der Waals surface area contributed by atoms with E-state index >= 15 is 0 Å². The van der Waals surface area contributed by atoms with E-state index in [1.54, 1.807) is 0 Å². The highest BCUT2D eigenvalue weighted by Gasteiger charge is 2.24. The van der Waals surface area contributed by atoms with Gasteiger partial charge in [-0.1, -0.05) is 27.7 Å². The first-order valence-electron chi connectivity index (χ1n) is 7.69. The van der Waals surface area contributed by atoms with Crippen molar-refractivity contribution in [1.29, 1.82) is 0 Å². The van der Waals surface area contributed by atoms with Crippen molar-refractivity contribution < 1.29 is 9.47 Å². The van der Waals surface area contributed by atoms with E-state index in [1.165, 1.54) is 6.42 Å². The summed E-state index contributed by atoms with van der Waals surface area (Å²) in [4.78, 5) is 0. The minimum Gasteiger partial charge on any atom is -0.381 e. The van der Waals surface area contributed by atoms with E-state index < -0.39 is 0 Å². The summed E-state index contributed by atoms with van der Waals surface area (Å²) in [5, 5.41) is 0. The van der Waals surface area contributed by atoms with E-state index in [2.05, 4.69) is 41.5 Å². The molecule has 2 unspecified atom stereocenters. The van der Waals surface area contributed by atoms with Crippen LogP contribution in [0.2, 0.25) is 0 Å². The van der Waals surface area contributed by atoms with Crippen molar-refractivity contribution in [2.24, 2.45) is 5.92 Å². The third-order valence-corrected chi connectivity index (χ3v) is 3.50. The maximum Gasteiger partial charge on any atom is 0.0655 e. The molecule has 18 heavy (non-hydrogen) atoms. The Morgan fingerprint density at radius 2 is 1.72 bits per heavy atom. The molecular weight excluding hydrogens is 224 g/mol. The third kappa shape index (κ3) is 8.93. The Bertz CT molecular complexity index is 192. The van der Waals surface area contributed by atoms with Crippen LogP contribution in [-0.4, -0.2) is 24.9 Å².